The molecule has 1 aromatic heterocycles. The first-order valence-corrected chi connectivity index (χ1v) is 9.85. The van der Waals surface area contributed by atoms with Crippen molar-refractivity contribution in [1.29, 1.82) is 0 Å². The molecule has 4 N–H and O–H groups in total. The summed E-state index contributed by atoms with van der Waals surface area (Å²) in [4.78, 5) is 20.5. The maximum Gasteiger partial charge on any atom is 0.250 e. The second-order valence-electron chi connectivity index (χ2n) is 7.25. The van der Waals surface area contributed by atoms with Crippen LogP contribution in [0.15, 0.2) is 42.7 Å². The zero-order valence-electron chi connectivity index (χ0n) is 17.0. The van der Waals surface area contributed by atoms with Gasteiger partial charge in [0.05, 0.1) is 25.3 Å². The summed E-state index contributed by atoms with van der Waals surface area (Å²) in [6.45, 7) is 1.70. The van der Waals surface area contributed by atoms with E-state index in [0.717, 1.165) is 24.9 Å². The Morgan fingerprint density at radius 2 is 2.00 bits per heavy atom. The molecule has 1 saturated heterocycles. The molecule has 8 heteroatoms. The zero-order valence-corrected chi connectivity index (χ0v) is 17.0. The Morgan fingerprint density at radius 1 is 1.17 bits per heavy atom. The Morgan fingerprint density at radius 3 is 2.77 bits per heavy atom. The smallest absolute Gasteiger partial charge is 0.250 e. The van der Waals surface area contributed by atoms with E-state index in [1.165, 1.54) is 11.9 Å². The predicted molar refractivity (Wildman–Crippen MR) is 115 cm³/mol. The molecule has 30 heavy (non-hydrogen) atoms. The average Bonchev–Trinajstić information content (AvgIpc) is 2.78. The van der Waals surface area contributed by atoms with Crippen molar-refractivity contribution in [2.24, 2.45) is 5.73 Å². The first-order valence-electron chi connectivity index (χ1n) is 9.85. The SMILES string of the molecule is COc1ccc([C@H]2CCNC[C@@H]2Nc2ncnc3c(C(N)=O)cccc23)cc1OC. The molecule has 3 aromatic rings. The van der Waals surface area contributed by atoms with Gasteiger partial charge in [-0.15, -0.1) is 0 Å². The van der Waals surface area contributed by atoms with Crippen molar-refractivity contribution in [3.05, 3.63) is 53.9 Å². The molecular formula is C22H25N5O3. The molecule has 2 aromatic carbocycles. The summed E-state index contributed by atoms with van der Waals surface area (Å²) in [7, 11) is 3.27. The molecule has 0 spiro atoms. The van der Waals surface area contributed by atoms with Gasteiger partial charge in [-0.2, -0.15) is 0 Å². The first kappa shape index (κ1) is 19.9. The molecule has 2 atom stereocenters. The van der Waals surface area contributed by atoms with E-state index in [1.807, 2.05) is 18.2 Å². The van der Waals surface area contributed by atoms with Crippen molar-refractivity contribution in [3.63, 3.8) is 0 Å². The van der Waals surface area contributed by atoms with Crippen LogP contribution in [-0.2, 0) is 0 Å². The Balaban J connectivity index is 1.68. The summed E-state index contributed by atoms with van der Waals surface area (Å²) in [6.07, 6.45) is 2.42. The van der Waals surface area contributed by atoms with Gasteiger partial charge >= 0.3 is 0 Å². The number of aromatic nitrogens is 2. The number of rotatable bonds is 6. The van der Waals surface area contributed by atoms with Gasteiger partial charge in [0.25, 0.3) is 5.91 Å². The molecule has 0 bridgehead atoms. The molecule has 0 aliphatic carbocycles. The van der Waals surface area contributed by atoms with E-state index in [1.54, 1.807) is 26.4 Å². The average molecular weight is 407 g/mol. The number of hydrogen-bond donors (Lipinski definition) is 3. The normalized spacial score (nSPS) is 18.7. The standard InChI is InChI=1S/C22H25N5O3/c1-29-18-7-6-13(10-19(18)30-2)14-8-9-24-11-17(14)27-22-16-5-3-4-15(21(23)28)20(16)25-12-26-22/h3-7,10,12,14,17,24H,8-9,11H2,1-2H3,(H2,23,28)(H,25,26,27)/t14-,17+/m1/s1. The fraction of sp³-hybridized carbons (Fsp3) is 0.318. The maximum atomic E-state index is 11.8. The topological polar surface area (TPSA) is 111 Å². The highest BCUT2D eigenvalue weighted by atomic mass is 16.5. The van der Waals surface area contributed by atoms with Crippen LogP contribution in [0.5, 0.6) is 11.5 Å². The largest absolute Gasteiger partial charge is 0.493 e. The number of amides is 1. The summed E-state index contributed by atoms with van der Waals surface area (Å²) in [6, 6.07) is 11.5. The molecule has 0 saturated carbocycles. The lowest BCUT2D eigenvalue weighted by Crippen LogP contribution is -2.44. The second-order valence-corrected chi connectivity index (χ2v) is 7.25. The third-order valence-electron chi connectivity index (χ3n) is 5.57. The third kappa shape index (κ3) is 3.73. The molecule has 1 aliphatic heterocycles. The van der Waals surface area contributed by atoms with E-state index in [4.69, 9.17) is 15.2 Å². The van der Waals surface area contributed by atoms with Crippen LogP contribution in [0.3, 0.4) is 0 Å². The lowest BCUT2D eigenvalue weighted by molar-refractivity contribution is 0.100. The number of anilines is 1. The van der Waals surface area contributed by atoms with Crippen molar-refractivity contribution in [2.45, 2.75) is 18.4 Å². The van der Waals surface area contributed by atoms with Gasteiger partial charge in [-0.1, -0.05) is 12.1 Å². The minimum Gasteiger partial charge on any atom is -0.493 e. The van der Waals surface area contributed by atoms with E-state index in [2.05, 4.69) is 26.7 Å². The van der Waals surface area contributed by atoms with Gasteiger partial charge in [0.15, 0.2) is 11.5 Å². The number of primary amides is 1. The van der Waals surface area contributed by atoms with Crippen LogP contribution >= 0.6 is 0 Å². The second kappa shape index (κ2) is 8.54. The van der Waals surface area contributed by atoms with E-state index < -0.39 is 5.91 Å². The van der Waals surface area contributed by atoms with Gasteiger partial charge in [0.1, 0.15) is 12.1 Å². The molecule has 156 valence electrons. The van der Waals surface area contributed by atoms with Crippen LogP contribution in [0.4, 0.5) is 5.82 Å². The Bertz CT molecular complexity index is 1070. The minimum atomic E-state index is -0.507. The number of nitrogens with one attached hydrogen (secondary N) is 2. The molecule has 4 rings (SSSR count). The first-order chi connectivity index (χ1) is 14.6. The maximum absolute atomic E-state index is 11.8. The Hall–Kier alpha value is -3.39. The molecule has 0 radical (unpaired) electrons. The van der Waals surface area contributed by atoms with Crippen molar-refractivity contribution in [3.8, 4) is 11.5 Å². The number of para-hydroxylation sites is 1. The number of fused-ring (bicyclic) bond motifs is 1. The quantitative estimate of drug-likeness (QED) is 0.575. The summed E-state index contributed by atoms with van der Waals surface area (Å²) >= 11 is 0. The molecule has 1 fully saturated rings. The molecule has 8 nitrogen and oxygen atoms in total. The van der Waals surface area contributed by atoms with Gasteiger partial charge in [-0.25, -0.2) is 9.97 Å². The fourth-order valence-electron chi connectivity index (χ4n) is 4.07. The minimum absolute atomic E-state index is 0.0900. The Labute approximate surface area is 174 Å². The van der Waals surface area contributed by atoms with Crippen molar-refractivity contribution < 1.29 is 14.3 Å². The molecule has 1 amide bonds. The van der Waals surface area contributed by atoms with Crippen LogP contribution in [0.25, 0.3) is 10.9 Å². The van der Waals surface area contributed by atoms with Crippen LogP contribution in [0.1, 0.15) is 28.3 Å². The number of hydrogen-bond acceptors (Lipinski definition) is 7. The molecular weight excluding hydrogens is 382 g/mol. The van der Waals surface area contributed by atoms with E-state index >= 15 is 0 Å². The summed E-state index contributed by atoms with van der Waals surface area (Å²) < 4.78 is 10.9. The van der Waals surface area contributed by atoms with Crippen LogP contribution < -0.4 is 25.8 Å². The highest BCUT2D eigenvalue weighted by Crippen LogP contribution is 2.35. The Kier molecular flexibility index (Phi) is 5.67. The van der Waals surface area contributed by atoms with Gasteiger partial charge in [0, 0.05) is 23.9 Å². The fourth-order valence-corrected chi connectivity index (χ4v) is 4.07. The summed E-state index contributed by atoms with van der Waals surface area (Å²) in [5.41, 5.74) is 7.62. The number of nitrogens with two attached hydrogens (primary N) is 1. The predicted octanol–water partition coefficient (Wildman–Crippen LogP) is 2.30. The lowest BCUT2D eigenvalue weighted by Gasteiger charge is -2.34. The van der Waals surface area contributed by atoms with Gasteiger partial charge in [-0.3, -0.25) is 4.79 Å². The highest BCUT2D eigenvalue weighted by molar-refractivity contribution is 6.06. The number of nitrogens with zero attached hydrogens (tertiary/aromatic N) is 2. The molecule has 0 unspecified atom stereocenters. The van der Waals surface area contributed by atoms with Gasteiger partial charge < -0.3 is 25.8 Å². The van der Waals surface area contributed by atoms with Gasteiger partial charge in [0.2, 0.25) is 0 Å². The van der Waals surface area contributed by atoms with Crippen LogP contribution in [0, 0.1) is 0 Å². The number of benzene rings is 2. The monoisotopic (exact) mass is 407 g/mol. The zero-order chi connectivity index (χ0) is 21.1. The number of piperidine rings is 1. The number of methoxy groups -OCH3 is 2. The van der Waals surface area contributed by atoms with E-state index in [9.17, 15) is 4.79 Å². The van der Waals surface area contributed by atoms with E-state index in [-0.39, 0.29) is 12.0 Å². The van der Waals surface area contributed by atoms with Gasteiger partial charge in [-0.05, 0) is 42.8 Å². The number of ether oxygens (including phenoxy) is 2. The number of carbonyl (C=O) groups is 1. The van der Waals surface area contributed by atoms with Crippen molar-refractivity contribution in [1.82, 2.24) is 15.3 Å². The highest BCUT2D eigenvalue weighted by Gasteiger charge is 2.28. The van der Waals surface area contributed by atoms with Crippen LogP contribution in [0.2, 0.25) is 0 Å². The number of carbonyl (C=O) groups excluding carboxylic acids is 1. The summed E-state index contributed by atoms with van der Waals surface area (Å²) in [5.74, 6) is 1.84. The van der Waals surface area contributed by atoms with E-state index in [0.29, 0.717) is 28.4 Å². The van der Waals surface area contributed by atoms with Crippen LogP contribution in [-0.4, -0.2) is 49.2 Å². The van der Waals surface area contributed by atoms with Crippen molar-refractivity contribution in [2.75, 3.05) is 32.6 Å². The third-order valence-corrected chi connectivity index (χ3v) is 5.57. The molecule has 2 heterocycles. The summed E-state index contributed by atoms with van der Waals surface area (Å²) in [5, 5.41) is 7.78. The van der Waals surface area contributed by atoms with Crippen molar-refractivity contribution >= 4 is 22.6 Å². The lowest BCUT2D eigenvalue weighted by atomic mass is 9.85. The molecule has 1 aliphatic rings.